The second kappa shape index (κ2) is 21.4. The first-order chi connectivity index (χ1) is 44.9. The van der Waals surface area contributed by atoms with E-state index < -0.39 is 0 Å². The van der Waals surface area contributed by atoms with E-state index in [9.17, 15) is 0 Å². The highest BCUT2D eigenvalue weighted by molar-refractivity contribution is 7.00. The maximum Gasteiger partial charge on any atom is 0.252 e. The van der Waals surface area contributed by atoms with Crippen molar-refractivity contribution in [3.8, 4) is 61.3 Å². The third-order valence-electron chi connectivity index (χ3n) is 19.6. The van der Waals surface area contributed by atoms with Crippen molar-refractivity contribution in [1.29, 1.82) is 0 Å². The van der Waals surface area contributed by atoms with Crippen LogP contribution in [0.15, 0.2) is 303 Å². The Kier molecular flexibility index (Phi) is 12.8. The summed E-state index contributed by atoms with van der Waals surface area (Å²) >= 11 is 0. The van der Waals surface area contributed by atoms with Crippen molar-refractivity contribution >= 4 is 101 Å². The van der Waals surface area contributed by atoms with Gasteiger partial charge in [-0.1, -0.05) is 272 Å². The van der Waals surface area contributed by atoms with Gasteiger partial charge >= 0.3 is 0 Å². The molecule has 17 rings (SSSR count). The first-order valence-electron chi connectivity index (χ1n) is 32.4. The van der Waals surface area contributed by atoms with Gasteiger partial charge in [0.2, 0.25) is 0 Å². The van der Waals surface area contributed by atoms with Gasteiger partial charge in [0.05, 0.1) is 22.4 Å². The number of nitrogens with zero attached hydrogens (tertiary/aromatic N) is 3. The van der Waals surface area contributed by atoms with Crippen molar-refractivity contribution in [2.75, 3.05) is 9.80 Å². The molecule has 15 aromatic rings. The SMILES string of the molecule is CC(C)(C)c1cc(-c2ccccc2)c(N2c3cc(-c4c5ccccc5cc5ccccc45)ccc3B3c4ccc(-n5c6ccccc6c6ccccc65)cc4N(c4c(-c5ccccc5)cc(C(C)(C)C)cc4-c4ccccc4)c4cccc2c43)c(-c2ccccc2)c1. The van der Waals surface area contributed by atoms with Crippen LogP contribution in [-0.2, 0) is 10.8 Å². The van der Waals surface area contributed by atoms with E-state index in [1.54, 1.807) is 0 Å². The first kappa shape index (κ1) is 55.2. The molecule has 0 bridgehead atoms. The third kappa shape index (κ3) is 8.87. The van der Waals surface area contributed by atoms with Crippen LogP contribution in [-0.4, -0.2) is 11.3 Å². The van der Waals surface area contributed by atoms with Crippen molar-refractivity contribution in [2.45, 2.75) is 52.4 Å². The zero-order chi connectivity index (χ0) is 62.0. The van der Waals surface area contributed by atoms with E-state index in [2.05, 4.69) is 359 Å². The molecule has 0 aliphatic carbocycles. The lowest BCUT2D eigenvalue weighted by Crippen LogP contribution is -2.61. The zero-order valence-electron chi connectivity index (χ0n) is 52.8. The van der Waals surface area contributed by atoms with Crippen LogP contribution >= 0.6 is 0 Å². The van der Waals surface area contributed by atoms with Crippen molar-refractivity contribution < 1.29 is 0 Å². The lowest BCUT2D eigenvalue weighted by atomic mass is 9.33. The molecular formula is C88H68BN3. The fourth-order valence-electron chi connectivity index (χ4n) is 15.2. The normalized spacial score (nSPS) is 12.8. The summed E-state index contributed by atoms with van der Waals surface area (Å²) in [5.41, 5.74) is 28.1. The lowest BCUT2D eigenvalue weighted by Gasteiger charge is -2.46. The molecule has 0 amide bonds. The standard InChI is InChI=1S/C88H68BN3/c1-87(2,3)64-52-71(57-28-11-7-12-29-57)85(72(53-64)58-30-13-8-14-31-58)91-79-44-27-45-80-84(79)89(75-48-46-63(51-81(75)91)83-67-38-21-19-36-61(67)50-62-37-20-22-39-68(62)83)76-49-47-66(90-77-42-25-23-40-69(77)70-41-24-26-43-78(70)90)56-82(76)92(80)86-73(59-32-15-9-16-33-59)54-65(88(4,5)6)55-74(86)60-34-17-10-18-35-60/h7-56H,1-6H3. The molecule has 92 heavy (non-hydrogen) atoms. The van der Waals surface area contributed by atoms with E-state index in [4.69, 9.17) is 0 Å². The first-order valence-corrected chi connectivity index (χ1v) is 32.4. The Bertz CT molecular complexity index is 5190. The van der Waals surface area contributed by atoms with Crippen LogP contribution in [0.3, 0.4) is 0 Å². The summed E-state index contributed by atoms with van der Waals surface area (Å²) in [6.45, 7) is 13.9. The van der Waals surface area contributed by atoms with Gasteiger partial charge in [0.1, 0.15) is 0 Å². The van der Waals surface area contributed by atoms with Crippen molar-refractivity contribution in [2.24, 2.45) is 0 Å². The molecule has 0 unspecified atom stereocenters. The molecule has 3 heterocycles. The predicted molar refractivity (Wildman–Crippen MR) is 394 cm³/mol. The van der Waals surface area contributed by atoms with E-state index in [1.807, 2.05) is 0 Å². The second-order valence-corrected chi connectivity index (χ2v) is 27.2. The summed E-state index contributed by atoms with van der Waals surface area (Å²) in [7, 11) is 0. The molecule has 3 nitrogen and oxygen atoms in total. The summed E-state index contributed by atoms with van der Waals surface area (Å²) in [5, 5.41) is 7.39. The highest BCUT2D eigenvalue weighted by atomic mass is 15.2. The molecule has 4 heteroatoms. The maximum atomic E-state index is 2.69. The topological polar surface area (TPSA) is 11.4 Å². The molecule has 0 fully saturated rings. The predicted octanol–water partition coefficient (Wildman–Crippen LogP) is 22.1. The zero-order valence-corrected chi connectivity index (χ0v) is 52.8. The Morgan fingerprint density at radius 2 is 0.652 bits per heavy atom. The van der Waals surface area contributed by atoms with Crippen LogP contribution in [0.1, 0.15) is 52.7 Å². The number of fused-ring (bicyclic) bond motifs is 9. The van der Waals surface area contributed by atoms with Gasteiger partial charge in [-0.05, 0) is 166 Å². The number of hydrogen-bond donors (Lipinski definition) is 0. The average Bonchev–Trinajstić information content (AvgIpc) is 0.749. The summed E-state index contributed by atoms with van der Waals surface area (Å²) in [6, 6.07) is 115. The Hall–Kier alpha value is -10.9. The molecule has 0 N–H and O–H groups in total. The average molecular weight is 1180 g/mol. The van der Waals surface area contributed by atoms with Crippen LogP contribution in [0.2, 0.25) is 0 Å². The Labute approximate surface area is 539 Å². The lowest BCUT2D eigenvalue weighted by molar-refractivity contribution is 0.590. The number of anilines is 6. The molecule has 0 radical (unpaired) electrons. The highest BCUT2D eigenvalue weighted by Crippen LogP contribution is 2.55. The summed E-state index contributed by atoms with van der Waals surface area (Å²) < 4.78 is 2.49. The van der Waals surface area contributed by atoms with Crippen LogP contribution < -0.4 is 26.2 Å². The number of rotatable bonds is 8. The van der Waals surface area contributed by atoms with Gasteiger partial charge in [0.15, 0.2) is 0 Å². The number of aromatic nitrogens is 1. The largest absolute Gasteiger partial charge is 0.310 e. The summed E-state index contributed by atoms with van der Waals surface area (Å²) in [5.74, 6) is 0. The molecule has 1 aromatic heterocycles. The van der Waals surface area contributed by atoms with Gasteiger partial charge in [0.25, 0.3) is 6.71 Å². The summed E-state index contributed by atoms with van der Waals surface area (Å²) in [6.07, 6.45) is 0. The van der Waals surface area contributed by atoms with Gasteiger partial charge < -0.3 is 14.4 Å². The minimum atomic E-state index is -0.187. The number of benzene rings is 14. The summed E-state index contributed by atoms with van der Waals surface area (Å²) in [4.78, 5) is 5.37. The molecule has 0 atom stereocenters. The molecular weight excluding hydrogens is 1110 g/mol. The molecule has 14 aromatic carbocycles. The van der Waals surface area contributed by atoms with Gasteiger partial charge in [-0.2, -0.15) is 0 Å². The molecule has 0 saturated carbocycles. The Balaban J connectivity index is 1.04. The van der Waals surface area contributed by atoms with Crippen LogP contribution in [0.25, 0.3) is 105 Å². The second-order valence-electron chi connectivity index (χ2n) is 27.2. The van der Waals surface area contributed by atoms with Gasteiger partial charge in [-0.15, -0.1) is 0 Å². The molecule has 0 spiro atoms. The Morgan fingerprint density at radius 3 is 1.08 bits per heavy atom. The smallest absolute Gasteiger partial charge is 0.252 e. The molecule has 438 valence electrons. The fourth-order valence-corrected chi connectivity index (χ4v) is 15.2. The minimum Gasteiger partial charge on any atom is -0.310 e. The number of para-hydroxylation sites is 2. The van der Waals surface area contributed by atoms with E-state index >= 15 is 0 Å². The highest BCUT2D eigenvalue weighted by Gasteiger charge is 2.46. The van der Waals surface area contributed by atoms with Gasteiger partial charge in [-0.25, -0.2) is 0 Å². The molecule has 2 aliphatic heterocycles. The van der Waals surface area contributed by atoms with E-state index in [0.29, 0.717) is 0 Å². The fraction of sp³-hybridized carbons (Fsp3) is 0.0909. The van der Waals surface area contributed by atoms with Crippen molar-refractivity contribution in [3.05, 3.63) is 314 Å². The quantitative estimate of drug-likeness (QED) is 0.111. The van der Waals surface area contributed by atoms with Crippen LogP contribution in [0.4, 0.5) is 34.1 Å². The minimum absolute atomic E-state index is 0.164. The van der Waals surface area contributed by atoms with E-state index in [0.717, 1.165) is 50.9 Å². The van der Waals surface area contributed by atoms with Crippen LogP contribution in [0.5, 0.6) is 0 Å². The third-order valence-corrected chi connectivity index (χ3v) is 19.6. The van der Waals surface area contributed by atoms with Gasteiger partial charge in [-0.3, -0.25) is 0 Å². The van der Waals surface area contributed by atoms with Crippen LogP contribution in [0, 0.1) is 0 Å². The van der Waals surface area contributed by atoms with Crippen molar-refractivity contribution in [1.82, 2.24) is 4.57 Å². The Morgan fingerprint density at radius 1 is 0.283 bits per heavy atom. The van der Waals surface area contributed by atoms with E-state index in [1.165, 1.54) is 115 Å². The van der Waals surface area contributed by atoms with Crippen molar-refractivity contribution in [3.63, 3.8) is 0 Å². The monoisotopic (exact) mass is 1180 g/mol. The van der Waals surface area contributed by atoms with E-state index in [-0.39, 0.29) is 17.5 Å². The van der Waals surface area contributed by atoms with Gasteiger partial charge in [0, 0.05) is 61.5 Å². The molecule has 2 aliphatic rings. The molecule has 0 saturated heterocycles. The number of hydrogen-bond acceptors (Lipinski definition) is 2. The maximum absolute atomic E-state index is 2.69.